The van der Waals surface area contributed by atoms with Gasteiger partial charge < -0.3 is 14.7 Å². The standard InChI is InChI=1S/C21H20FN7O2/c1-13-12-17(27-31-13)23-21(30)14-8-10-28(11-9-14)19-7-6-18-24-25-20(29(18)26-19)15-4-2-3-5-16(15)22/h2-7,12,14H,8-11H2,1H3,(H,23,27,30). The summed E-state index contributed by atoms with van der Waals surface area (Å²) < 4.78 is 20.8. The van der Waals surface area contributed by atoms with Gasteiger partial charge >= 0.3 is 0 Å². The topological polar surface area (TPSA) is 101 Å². The lowest BCUT2D eigenvalue weighted by Crippen LogP contribution is -2.38. The van der Waals surface area contributed by atoms with Crippen molar-refractivity contribution in [3.8, 4) is 11.4 Å². The molecule has 0 aliphatic carbocycles. The van der Waals surface area contributed by atoms with Crippen LogP contribution >= 0.6 is 0 Å². The zero-order chi connectivity index (χ0) is 21.4. The average Bonchev–Trinajstić information content (AvgIpc) is 3.39. The summed E-state index contributed by atoms with van der Waals surface area (Å²) in [6, 6.07) is 11.8. The van der Waals surface area contributed by atoms with Gasteiger partial charge in [0.2, 0.25) is 5.91 Å². The van der Waals surface area contributed by atoms with Gasteiger partial charge in [-0.25, -0.2) is 4.39 Å². The van der Waals surface area contributed by atoms with Gasteiger partial charge in [-0.15, -0.1) is 15.3 Å². The summed E-state index contributed by atoms with van der Waals surface area (Å²) in [6.07, 6.45) is 1.37. The predicted octanol–water partition coefficient (Wildman–Crippen LogP) is 3.08. The normalized spacial score (nSPS) is 14.8. The molecule has 0 unspecified atom stereocenters. The molecule has 5 rings (SSSR count). The third-order valence-electron chi connectivity index (χ3n) is 5.43. The van der Waals surface area contributed by atoms with E-state index >= 15 is 0 Å². The van der Waals surface area contributed by atoms with Crippen molar-refractivity contribution in [1.82, 2.24) is 25.0 Å². The molecule has 4 heterocycles. The van der Waals surface area contributed by atoms with Gasteiger partial charge in [-0.1, -0.05) is 17.3 Å². The van der Waals surface area contributed by atoms with E-state index < -0.39 is 0 Å². The molecule has 1 amide bonds. The van der Waals surface area contributed by atoms with Crippen molar-refractivity contribution in [2.45, 2.75) is 19.8 Å². The Morgan fingerprint density at radius 3 is 2.71 bits per heavy atom. The molecule has 1 aliphatic heterocycles. The molecule has 0 radical (unpaired) electrons. The minimum Gasteiger partial charge on any atom is -0.360 e. The van der Waals surface area contributed by atoms with Crippen molar-refractivity contribution in [3.63, 3.8) is 0 Å². The van der Waals surface area contributed by atoms with Gasteiger partial charge in [0.05, 0.1) is 5.56 Å². The second kappa shape index (κ2) is 7.78. The number of hydrogen-bond acceptors (Lipinski definition) is 7. The Balaban J connectivity index is 1.31. The van der Waals surface area contributed by atoms with Crippen LogP contribution in [-0.2, 0) is 4.79 Å². The number of aryl methyl sites for hydroxylation is 1. The fraction of sp³-hybridized carbons (Fsp3) is 0.286. The molecule has 31 heavy (non-hydrogen) atoms. The summed E-state index contributed by atoms with van der Waals surface area (Å²) in [7, 11) is 0. The lowest BCUT2D eigenvalue weighted by Gasteiger charge is -2.31. The van der Waals surface area contributed by atoms with Crippen molar-refractivity contribution in [2.24, 2.45) is 5.92 Å². The fourth-order valence-corrected chi connectivity index (χ4v) is 3.78. The Kier molecular flexibility index (Phi) is 4.81. The van der Waals surface area contributed by atoms with Crippen molar-refractivity contribution < 1.29 is 13.7 Å². The lowest BCUT2D eigenvalue weighted by atomic mass is 9.96. The van der Waals surface area contributed by atoms with E-state index in [0.717, 1.165) is 5.82 Å². The number of halogens is 1. The smallest absolute Gasteiger partial charge is 0.228 e. The molecular weight excluding hydrogens is 401 g/mol. The minimum atomic E-state index is -0.377. The molecule has 9 nitrogen and oxygen atoms in total. The van der Waals surface area contributed by atoms with E-state index in [4.69, 9.17) is 4.52 Å². The molecule has 1 saturated heterocycles. The monoisotopic (exact) mass is 421 g/mol. The van der Waals surface area contributed by atoms with Crippen LogP contribution in [0.1, 0.15) is 18.6 Å². The number of piperidine rings is 1. The molecule has 10 heteroatoms. The number of carbonyl (C=O) groups excluding carboxylic acids is 1. The number of amides is 1. The van der Waals surface area contributed by atoms with Gasteiger partial charge in [-0.05, 0) is 44.0 Å². The molecule has 0 atom stereocenters. The van der Waals surface area contributed by atoms with Crippen LogP contribution in [0, 0.1) is 18.7 Å². The first kappa shape index (κ1) is 19.2. The first-order valence-corrected chi connectivity index (χ1v) is 10.0. The molecule has 0 bridgehead atoms. The predicted molar refractivity (Wildman–Crippen MR) is 111 cm³/mol. The number of anilines is 2. The Hall–Kier alpha value is -3.82. The largest absolute Gasteiger partial charge is 0.360 e. The number of nitrogens with zero attached hydrogens (tertiary/aromatic N) is 6. The van der Waals surface area contributed by atoms with E-state index in [1.54, 1.807) is 35.7 Å². The van der Waals surface area contributed by atoms with Gasteiger partial charge in [-0.3, -0.25) is 4.79 Å². The highest BCUT2D eigenvalue weighted by molar-refractivity contribution is 5.91. The highest BCUT2D eigenvalue weighted by Crippen LogP contribution is 2.25. The van der Waals surface area contributed by atoms with Crippen LogP contribution in [0.4, 0.5) is 16.0 Å². The zero-order valence-electron chi connectivity index (χ0n) is 16.8. The van der Waals surface area contributed by atoms with Crippen LogP contribution in [0.15, 0.2) is 47.0 Å². The van der Waals surface area contributed by atoms with Crippen LogP contribution in [0.25, 0.3) is 17.0 Å². The van der Waals surface area contributed by atoms with Gasteiger partial charge in [0.1, 0.15) is 17.4 Å². The van der Waals surface area contributed by atoms with Crippen molar-refractivity contribution in [1.29, 1.82) is 0 Å². The maximum absolute atomic E-state index is 14.2. The molecule has 1 aliphatic rings. The highest BCUT2D eigenvalue weighted by Gasteiger charge is 2.27. The average molecular weight is 421 g/mol. The Bertz CT molecular complexity index is 1240. The summed E-state index contributed by atoms with van der Waals surface area (Å²) in [6.45, 7) is 3.12. The second-order valence-corrected chi connectivity index (χ2v) is 7.54. The van der Waals surface area contributed by atoms with E-state index in [1.807, 2.05) is 12.1 Å². The summed E-state index contributed by atoms with van der Waals surface area (Å²) in [5, 5.41) is 19.5. The molecule has 1 aromatic carbocycles. The molecule has 1 fully saturated rings. The molecule has 158 valence electrons. The first-order chi connectivity index (χ1) is 15.1. The number of rotatable bonds is 4. The zero-order valence-corrected chi connectivity index (χ0v) is 16.8. The number of aromatic nitrogens is 5. The Morgan fingerprint density at radius 2 is 1.97 bits per heavy atom. The van der Waals surface area contributed by atoms with Crippen LogP contribution in [0.2, 0.25) is 0 Å². The third kappa shape index (κ3) is 3.72. The van der Waals surface area contributed by atoms with Crippen LogP contribution in [-0.4, -0.2) is 44.0 Å². The van der Waals surface area contributed by atoms with Crippen molar-refractivity contribution >= 4 is 23.2 Å². The lowest BCUT2D eigenvalue weighted by molar-refractivity contribution is -0.120. The third-order valence-corrected chi connectivity index (χ3v) is 5.43. The van der Waals surface area contributed by atoms with E-state index in [1.165, 1.54) is 6.07 Å². The van der Waals surface area contributed by atoms with Gasteiger partial charge in [0, 0.05) is 25.1 Å². The van der Waals surface area contributed by atoms with Crippen LogP contribution in [0.5, 0.6) is 0 Å². The number of nitrogens with one attached hydrogen (secondary N) is 1. The van der Waals surface area contributed by atoms with Gasteiger partial charge in [0.25, 0.3) is 0 Å². The summed E-state index contributed by atoms with van der Waals surface area (Å²) >= 11 is 0. The Labute approximate surface area is 176 Å². The number of hydrogen-bond donors (Lipinski definition) is 1. The number of fused-ring (bicyclic) bond motifs is 1. The Morgan fingerprint density at radius 1 is 1.16 bits per heavy atom. The van der Waals surface area contributed by atoms with Gasteiger partial charge in [0.15, 0.2) is 17.3 Å². The van der Waals surface area contributed by atoms with Crippen molar-refractivity contribution in [2.75, 3.05) is 23.3 Å². The van der Waals surface area contributed by atoms with E-state index in [2.05, 4.69) is 30.7 Å². The summed E-state index contributed by atoms with van der Waals surface area (Å²) in [5.74, 6) is 1.62. The quantitative estimate of drug-likeness (QED) is 0.540. The maximum atomic E-state index is 14.2. The number of benzene rings is 1. The van der Waals surface area contributed by atoms with Gasteiger partial charge in [-0.2, -0.15) is 4.52 Å². The molecule has 0 spiro atoms. The fourth-order valence-electron chi connectivity index (χ4n) is 3.78. The van der Waals surface area contributed by atoms with E-state index in [9.17, 15) is 9.18 Å². The van der Waals surface area contributed by atoms with E-state index in [0.29, 0.717) is 54.5 Å². The van der Waals surface area contributed by atoms with Crippen molar-refractivity contribution in [3.05, 3.63) is 54.0 Å². The molecular formula is C21H20FN7O2. The maximum Gasteiger partial charge on any atom is 0.228 e. The molecule has 3 aromatic heterocycles. The summed E-state index contributed by atoms with van der Waals surface area (Å²) in [5.41, 5.74) is 0.886. The molecule has 0 saturated carbocycles. The SMILES string of the molecule is Cc1cc(NC(=O)C2CCN(c3ccc4nnc(-c5ccccc5F)n4n3)CC2)no1. The summed E-state index contributed by atoms with van der Waals surface area (Å²) in [4.78, 5) is 14.6. The molecule has 1 N–H and O–H groups in total. The molecule has 4 aromatic rings. The van der Waals surface area contributed by atoms with E-state index in [-0.39, 0.29) is 17.6 Å². The minimum absolute atomic E-state index is 0.0583. The van der Waals surface area contributed by atoms with Crippen LogP contribution < -0.4 is 10.2 Å². The first-order valence-electron chi connectivity index (χ1n) is 10.0. The van der Waals surface area contributed by atoms with Crippen LogP contribution in [0.3, 0.4) is 0 Å². The second-order valence-electron chi connectivity index (χ2n) is 7.54. The number of carbonyl (C=O) groups is 1. The highest BCUT2D eigenvalue weighted by atomic mass is 19.1.